The van der Waals surface area contributed by atoms with E-state index in [2.05, 4.69) is 0 Å². The van der Waals surface area contributed by atoms with E-state index in [9.17, 15) is 19.7 Å². The Bertz CT molecular complexity index is 483. The summed E-state index contributed by atoms with van der Waals surface area (Å²) in [5.41, 5.74) is 0.314. The monoisotopic (exact) mass is 248 g/mol. The van der Waals surface area contributed by atoms with E-state index in [-0.39, 0.29) is 17.6 Å². The number of hydrogen-bond donors (Lipinski definition) is 0. The van der Waals surface area contributed by atoms with E-state index < -0.39 is 4.92 Å². The van der Waals surface area contributed by atoms with Crippen molar-refractivity contribution in [3.8, 4) is 0 Å². The van der Waals surface area contributed by atoms with Gasteiger partial charge in [-0.05, 0) is 25.0 Å². The van der Waals surface area contributed by atoms with Gasteiger partial charge in [0.2, 0.25) is 0 Å². The number of carbonyl (C=O) groups excluding carboxylic acids is 2. The fourth-order valence-corrected chi connectivity index (χ4v) is 2.08. The molecule has 1 amide bonds. The molecule has 1 aromatic carbocycles. The summed E-state index contributed by atoms with van der Waals surface area (Å²) < 4.78 is 0. The second-order valence-electron chi connectivity index (χ2n) is 4.15. The van der Waals surface area contributed by atoms with Crippen molar-refractivity contribution in [2.24, 2.45) is 0 Å². The van der Waals surface area contributed by atoms with Gasteiger partial charge in [0.1, 0.15) is 6.29 Å². The SMILES string of the molecule is O=C[C@@H]1CCCN1C(=O)c1ccc([N+](=O)[O-])cc1. The van der Waals surface area contributed by atoms with Gasteiger partial charge in [0.15, 0.2) is 0 Å². The van der Waals surface area contributed by atoms with Crippen molar-refractivity contribution in [2.45, 2.75) is 18.9 Å². The van der Waals surface area contributed by atoms with Gasteiger partial charge >= 0.3 is 0 Å². The number of carbonyl (C=O) groups is 2. The minimum atomic E-state index is -0.516. The largest absolute Gasteiger partial charge is 0.329 e. The van der Waals surface area contributed by atoms with Crippen molar-refractivity contribution >= 4 is 17.9 Å². The van der Waals surface area contributed by atoms with E-state index in [0.29, 0.717) is 18.5 Å². The predicted octanol–water partition coefficient (Wildman–Crippen LogP) is 1.40. The molecule has 1 saturated heterocycles. The number of aldehydes is 1. The third kappa shape index (κ3) is 2.22. The molecule has 1 aliphatic heterocycles. The molecule has 1 atom stereocenters. The van der Waals surface area contributed by atoms with Gasteiger partial charge in [-0.15, -0.1) is 0 Å². The first kappa shape index (κ1) is 12.2. The molecular formula is C12H12N2O4. The molecule has 1 heterocycles. The van der Waals surface area contributed by atoms with Crippen LogP contribution < -0.4 is 0 Å². The molecule has 6 heteroatoms. The zero-order valence-corrected chi connectivity index (χ0v) is 9.61. The second-order valence-corrected chi connectivity index (χ2v) is 4.15. The minimum Gasteiger partial charge on any atom is -0.329 e. The van der Waals surface area contributed by atoms with Crippen LogP contribution in [0, 0.1) is 10.1 Å². The number of non-ortho nitro benzene ring substituents is 1. The Morgan fingerprint density at radius 1 is 1.39 bits per heavy atom. The van der Waals surface area contributed by atoms with Crippen LogP contribution >= 0.6 is 0 Å². The summed E-state index contributed by atoms with van der Waals surface area (Å²) in [4.78, 5) is 34.4. The molecule has 18 heavy (non-hydrogen) atoms. The molecule has 0 radical (unpaired) electrons. The Balaban J connectivity index is 2.18. The molecule has 0 unspecified atom stereocenters. The maximum Gasteiger partial charge on any atom is 0.269 e. The normalized spacial score (nSPS) is 18.7. The van der Waals surface area contributed by atoms with Crippen molar-refractivity contribution in [2.75, 3.05) is 6.54 Å². The van der Waals surface area contributed by atoms with Crippen molar-refractivity contribution in [1.29, 1.82) is 0 Å². The zero-order chi connectivity index (χ0) is 13.1. The van der Waals surface area contributed by atoms with E-state index in [0.717, 1.165) is 12.7 Å². The Labute approximate surface area is 103 Å². The highest BCUT2D eigenvalue weighted by Crippen LogP contribution is 2.20. The van der Waals surface area contributed by atoms with E-state index in [4.69, 9.17) is 0 Å². The van der Waals surface area contributed by atoms with Crippen LogP contribution in [0.2, 0.25) is 0 Å². The van der Waals surface area contributed by atoms with Gasteiger partial charge in [-0.25, -0.2) is 0 Å². The zero-order valence-electron chi connectivity index (χ0n) is 9.61. The Kier molecular flexibility index (Phi) is 3.36. The lowest BCUT2D eigenvalue weighted by molar-refractivity contribution is -0.384. The lowest BCUT2D eigenvalue weighted by Gasteiger charge is -2.20. The number of nitro benzene ring substituents is 1. The summed E-state index contributed by atoms with van der Waals surface area (Å²) in [5.74, 6) is -0.250. The van der Waals surface area contributed by atoms with Gasteiger partial charge in [0.05, 0.1) is 11.0 Å². The number of likely N-dealkylation sites (tertiary alicyclic amines) is 1. The predicted molar refractivity (Wildman–Crippen MR) is 63.2 cm³/mol. The number of nitro groups is 1. The number of nitrogens with zero attached hydrogens (tertiary/aromatic N) is 2. The maximum atomic E-state index is 12.1. The molecule has 0 spiro atoms. The smallest absolute Gasteiger partial charge is 0.269 e. The third-order valence-electron chi connectivity index (χ3n) is 3.04. The highest BCUT2D eigenvalue weighted by molar-refractivity contribution is 5.96. The maximum absolute atomic E-state index is 12.1. The molecular weight excluding hydrogens is 236 g/mol. The Morgan fingerprint density at radius 3 is 2.61 bits per heavy atom. The molecule has 0 saturated carbocycles. The average Bonchev–Trinajstić information content (AvgIpc) is 2.86. The third-order valence-corrected chi connectivity index (χ3v) is 3.04. The Morgan fingerprint density at radius 2 is 2.06 bits per heavy atom. The molecule has 0 N–H and O–H groups in total. The van der Waals surface area contributed by atoms with Crippen LogP contribution in [0.5, 0.6) is 0 Å². The topological polar surface area (TPSA) is 80.5 Å². The highest BCUT2D eigenvalue weighted by atomic mass is 16.6. The average molecular weight is 248 g/mol. The minimum absolute atomic E-state index is 0.0556. The van der Waals surface area contributed by atoms with Gasteiger partial charge in [-0.3, -0.25) is 14.9 Å². The first-order valence-electron chi connectivity index (χ1n) is 5.64. The van der Waals surface area contributed by atoms with Crippen LogP contribution in [0.25, 0.3) is 0 Å². The fraction of sp³-hybridized carbons (Fsp3) is 0.333. The number of hydrogen-bond acceptors (Lipinski definition) is 4. The van der Waals surface area contributed by atoms with Crippen LogP contribution in [0.3, 0.4) is 0 Å². The first-order chi connectivity index (χ1) is 8.63. The van der Waals surface area contributed by atoms with Crippen LogP contribution in [-0.2, 0) is 4.79 Å². The number of benzene rings is 1. The molecule has 1 aromatic rings. The fourth-order valence-electron chi connectivity index (χ4n) is 2.08. The highest BCUT2D eigenvalue weighted by Gasteiger charge is 2.29. The van der Waals surface area contributed by atoms with Gasteiger partial charge < -0.3 is 9.69 Å². The van der Waals surface area contributed by atoms with E-state index >= 15 is 0 Å². The van der Waals surface area contributed by atoms with Crippen LogP contribution in [0.1, 0.15) is 23.2 Å². The lowest BCUT2D eigenvalue weighted by atomic mass is 10.1. The van der Waals surface area contributed by atoms with Crippen LogP contribution in [0.4, 0.5) is 5.69 Å². The molecule has 1 fully saturated rings. The second kappa shape index (κ2) is 4.95. The first-order valence-corrected chi connectivity index (χ1v) is 5.64. The van der Waals surface area contributed by atoms with E-state index in [1.165, 1.54) is 29.2 Å². The standard InChI is InChI=1S/C12H12N2O4/c15-8-11-2-1-7-13(11)12(16)9-3-5-10(6-4-9)14(17)18/h3-6,8,11H,1-2,7H2/t11-/m0/s1. The summed E-state index contributed by atoms with van der Waals surface area (Å²) in [7, 11) is 0. The van der Waals surface area contributed by atoms with Crippen molar-refractivity contribution < 1.29 is 14.5 Å². The molecule has 0 aromatic heterocycles. The Hall–Kier alpha value is -2.24. The lowest BCUT2D eigenvalue weighted by Crippen LogP contribution is -2.36. The van der Waals surface area contributed by atoms with Gasteiger partial charge in [0.25, 0.3) is 11.6 Å². The summed E-state index contributed by atoms with van der Waals surface area (Å²) >= 11 is 0. The van der Waals surface area contributed by atoms with Crippen LogP contribution in [0.15, 0.2) is 24.3 Å². The van der Waals surface area contributed by atoms with Gasteiger partial charge in [0, 0.05) is 24.2 Å². The van der Waals surface area contributed by atoms with Gasteiger partial charge in [-0.1, -0.05) is 0 Å². The van der Waals surface area contributed by atoms with E-state index in [1.807, 2.05) is 0 Å². The summed E-state index contributed by atoms with van der Waals surface area (Å²) in [6, 6.07) is 5.05. The van der Waals surface area contributed by atoms with E-state index in [1.54, 1.807) is 0 Å². The molecule has 94 valence electrons. The van der Waals surface area contributed by atoms with Crippen molar-refractivity contribution in [3.05, 3.63) is 39.9 Å². The number of rotatable bonds is 3. The summed E-state index contributed by atoms with van der Waals surface area (Å²) in [6.07, 6.45) is 2.26. The quantitative estimate of drug-likeness (QED) is 0.460. The molecule has 2 rings (SSSR count). The molecule has 6 nitrogen and oxygen atoms in total. The van der Waals surface area contributed by atoms with Crippen molar-refractivity contribution in [3.63, 3.8) is 0 Å². The molecule has 1 aliphatic rings. The van der Waals surface area contributed by atoms with Gasteiger partial charge in [-0.2, -0.15) is 0 Å². The molecule has 0 bridgehead atoms. The summed E-state index contributed by atoms with van der Waals surface area (Å²) in [6.45, 7) is 0.555. The summed E-state index contributed by atoms with van der Waals surface area (Å²) in [5, 5.41) is 10.5. The molecule has 0 aliphatic carbocycles. The van der Waals surface area contributed by atoms with Crippen molar-refractivity contribution in [1.82, 2.24) is 4.90 Å². The number of amides is 1. The van der Waals surface area contributed by atoms with Crippen LogP contribution in [-0.4, -0.2) is 34.6 Å².